The van der Waals surface area contributed by atoms with Crippen LogP contribution in [0.15, 0.2) is 0 Å². The molecule has 0 spiro atoms. The second-order valence-electron chi connectivity index (χ2n) is 5.45. The summed E-state index contributed by atoms with van der Waals surface area (Å²) in [4.78, 5) is 0. The summed E-state index contributed by atoms with van der Waals surface area (Å²) in [5, 5.41) is -0.304. The van der Waals surface area contributed by atoms with Crippen LogP contribution in [0.5, 0.6) is 0 Å². The molecule has 1 rings (SSSR count). The number of methoxy groups -OCH3 is 1. The molecule has 0 aromatic heterocycles. The average Bonchev–Trinajstić information content (AvgIpc) is 2.53. The molecule has 126 valence electrons. The van der Waals surface area contributed by atoms with Crippen LogP contribution in [0, 0.1) is 0 Å². The molecule has 0 radical (unpaired) electrons. The van der Waals surface area contributed by atoms with Gasteiger partial charge < -0.3 is 23.1 Å². The van der Waals surface area contributed by atoms with Crippen molar-refractivity contribution in [2.75, 3.05) is 34.5 Å². The van der Waals surface area contributed by atoms with Crippen molar-refractivity contribution in [3.63, 3.8) is 0 Å². The minimum Gasteiger partial charge on any atom is -0.396 e. The summed E-state index contributed by atoms with van der Waals surface area (Å²) < 4.78 is 29.1. The Morgan fingerprint density at radius 1 is 1.00 bits per heavy atom. The van der Waals surface area contributed by atoms with Gasteiger partial charge in [-0.1, -0.05) is 12.8 Å². The van der Waals surface area contributed by atoms with Gasteiger partial charge in [-0.15, -0.1) is 0 Å². The van der Waals surface area contributed by atoms with Gasteiger partial charge in [-0.25, -0.2) is 0 Å². The SMILES string of the molecule is CCOC(CCC1(OC)CCCC[Si]1(OC)OC)OCC. The zero-order valence-electron chi connectivity index (χ0n) is 14.3. The van der Waals surface area contributed by atoms with Crippen molar-refractivity contribution in [2.45, 2.75) is 63.5 Å². The monoisotopic (exact) mass is 320 g/mol. The Bertz CT molecular complexity index is 279. The maximum Gasteiger partial charge on any atom is 0.370 e. The third-order valence-corrected chi connectivity index (χ3v) is 8.99. The Morgan fingerprint density at radius 2 is 1.62 bits per heavy atom. The van der Waals surface area contributed by atoms with Crippen LogP contribution in [-0.2, 0) is 23.1 Å². The Balaban J connectivity index is 2.80. The third-order valence-electron chi connectivity index (χ3n) is 4.57. The maximum absolute atomic E-state index is 5.98. The van der Waals surface area contributed by atoms with E-state index < -0.39 is 8.56 Å². The molecule has 1 heterocycles. The van der Waals surface area contributed by atoms with Gasteiger partial charge in [0.25, 0.3) is 0 Å². The first-order chi connectivity index (χ1) is 10.1. The smallest absolute Gasteiger partial charge is 0.370 e. The van der Waals surface area contributed by atoms with Gasteiger partial charge in [-0.2, -0.15) is 0 Å². The first-order valence-corrected chi connectivity index (χ1v) is 10.0. The summed E-state index contributed by atoms with van der Waals surface area (Å²) in [5.41, 5.74) is 0. The molecule has 0 aliphatic carbocycles. The lowest BCUT2D eigenvalue weighted by Gasteiger charge is -2.48. The van der Waals surface area contributed by atoms with Crippen molar-refractivity contribution in [3.05, 3.63) is 0 Å². The minimum atomic E-state index is -2.36. The summed E-state index contributed by atoms with van der Waals surface area (Å²) in [6.07, 6.45) is 4.78. The molecule has 1 unspecified atom stereocenters. The lowest BCUT2D eigenvalue weighted by atomic mass is 10.1. The van der Waals surface area contributed by atoms with Crippen LogP contribution in [0.25, 0.3) is 0 Å². The summed E-state index contributed by atoms with van der Waals surface area (Å²) in [6.45, 7) is 5.29. The van der Waals surface area contributed by atoms with Gasteiger partial charge in [-0.3, -0.25) is 0 Å². The van der Waals surface area contributed by atoms with E-state index in [0.717, 1.165) is 38.1 Å². The second-order valence-corrected chi connectivity index (χ2v) is 9.18. The average molecular weight is 321 g/mol. The van der Waals surface area contributed by atoms with E-state index in [9.17, 15) is 0 Å². The highest BCUT2D eigenvalue weighted by Crippen LogP contribution is 2.43. The normalized spacial score (nSPS) is 25.4. The molecule has 1 aliphatic rings. The number of rotatable bonds is 10. The molecule has 1 atom stereocenters. The van der Waals surface area contributed by atoms with Crippen LogP contribution in [0.2, 0.25) is 6.04 Å². The van der Waals surface area contributed by atoms with Gasteiger partial charge in [0.1, 0.15) is 5.22 Å². The Hall–Kier alpha value is 0.0169. The summed E-state index contributed by atoms with van der Waals surface area (Å²) in [6, 6.07) is 0.988. The summed E-state index contributed by atoms with van der Waals surface area (Å²) in [7, 11) is 2.95. The molecule has 5 nitrogen and oxygen atoms in total. The van der Waals surface area contributed by atoms with Crippen LogP contribution < -0.4 is 0 Å². The van der Waals surface area contributed by atoms with Crippen molar-refractivity contribution in [1.82, 2.24) is 0 Å². The lowest BCUT2D eigenvalue weighted by molar-refractivity contribution is -0.147. The topological polar surface area (TPSA) is 46.2 Å². The van der Waals surface area contributed by atoms with Crippen LogP contribution >= 0.6 is 0 Å². The molecular formula is C15H32O5Si. The van der Waals surface area contributed by atoms with E-state index in [0.29, 0.717) is 13.2 Å². The van der Waals surface area contributed by atoms with E-state index in [1.807, 2.05) is 13.8 Å². The van der Waals surface area contributed by atoms with Gasteiger partial charge in [0, 0.05) is 41.0 Å². The van der Waals surface area contributed by atoms with E-state index in [4.69, 9.17) is 23.1 Å². The Labute approximate surface area is 130 Å². The highest BCUT2D eigenvalue weighted by molar-refractivity contribution is 6.70. The van der Waals surface area contributed by atoms with Gasteiger partial charge in [0.05, 0.1) is 0 Å². The maximum atomic E-state index is 5.98. The fraction of sp³-hybridized carbons (Fsp3) is 1.00. The van der Waals surface area contributed by atoms with Gasteiger partial charge in [0.2, 0.25) is 0 Å². The molecule has 1 aliphatic heterocycles. The van der Waals surface area contributed by atoms with E-state index in [2.05, 4.69) is 0 Å². The van der Waals surface area contributed by atoms with Crippen LogP contribution in [-0.4, -0.2) is 54.6 Å². The second kappa shape index (κ2) is 9.22. The van der Waals surface area contributed by atoms with E-state index in [-0.39, 0.29) is 11.5 Å². The molecule has 21 heavy (non-hydrogen) atoms. The van der Waals surface area contributed by atoms with Crippen molar-refractivity contribution in [3.8, 4) is 0 Å². The molecule has 1 saturated heterocycles. The van der Waals surface area contributed by atoms with Crippen molar-refractivity contribution in [1.29, 1.82) is 0 Å². The molecule has 0 aromatic carbocycles. The molecule has 0 saturated carbocycles. The van der Waals surface area contributed by atoms with Crippen LogP contribution in [0.4, 0.5) is 0 Å². The Morgan fingerprint density at radius 3 is 2.10 bits per heavy atom. The fourth-order valence-corrected chi connectivity index (χ4v) is 7.34. The largest absolute Gasteiger partial charge is 0.396 e. The zero-order valence-corrected chi connectivity index (χ0v) is 15.3. The fourth-order valence-electron chi connectivity index (χ4n) is 3.46. The number of hydrogen-bond donors (Lipinski definition) is 0. The molecule has 0 N–H and O–H groups in total. The number of ether oxygens (including phenoxy) is 3. The molecule has 0 bridgehead atoms. The molecular weight excluding hydrogens is 288 g/mol. The molecule has 0 aromatic rings. The predicted octanol–water partition coefficient (Wildman–Crippen LogP) is 3.01. The molecule has 6 heteroatoms. The van der Waals surface area contributed by atoms with Crippen molar-refractivity contribution >= 4 is 8.56 Å². The lowest BCUT2D eigenvalue weighted by Crippen LogP contribution is -2.64. The highest BCUT2D eigenvalue weighted by Gasteiger charge is 2.58. The standard InChI is InChI=1S/C15H32O5Si/c1-6-19-14(20-7-2)10-12-15(16-3)11-8-9-13-21(15,17-4)18-5/h14H,6-13H2,1-5H3. The van der Waals surface area contributed by atoms with Gasteiger partial charge >= 0.3 is 8.56 Å². The third kappa shape index (κ3) is 4.27. The predicted molar refractivity (Wildman–Crippen MR) is 84.4 cm³/mol. The van der Waals surface area contributed by atoms with Crippen LogP contribution in [0.1, 0.15) is 46.0 Å². The van der Waals surface area contributed by atoms with Gasteiger partial charge in [-0.05, 0) is 32.7 Å². The zero-order chi connectivity index (χ0) is 15.8. The molecule has 1 fully saturated rings. The Kier molecular flexibility index (Phi) is 8.37. The first kappa shape index (κ1) is 19.1. The van der Waals surface area contributed by atoms with Gasteiger partial charge in [0.15, 0.2) is 6.29 Å². The van der Waals surface area contributed by atoms with Crippen molar-refractivity contribution in [2.24, 2.45) is 0 Å². The number of hydrogen-bond acceptors (Lipinski definition) is 5. The minimum absolute atomic E-state index is 0.172. The van der Waals surface area contributed by atoms with E-state index >= 15 is 0 Å². The van der Waals surface area contributed by atoms with Crippen LogP contribution in [0.3, 0.4) is 0 Å². The van der Waals surface area contributed by atoms with E-state index in [1.165, 1.54) is 0 Å². The highest BCUT2D eigenvalue weighted by atomic mass is 28.4. The van der Waals surface area contributed by atoms with E-state index in [1.54, 1.807) is 21.3 Å². The summed E-state index contributed by atoms with van der Waals surface area (Å²) in [5.74, 6) is 0. The summed E-state index contributed by atoms with van der Waals surface area (Å²) >= 11 is 0. The first-order valence-electron chi connectivity index (χ1n) is 8.02. The van der Waals surface area contributed by atoms with Crippen molar-refractivity contribution < 1.29 is 23.1 Å². The molecule has 0 amide bonds. The quantitative estimate of drug-likeness (QED) is 0.457.